The first-order valence-electron chi connectivity index (χ1n) is 8.97. The van der Waals surface area contributed by atoms with E-state index in [9.17, 15) is 22.0 Å². The lowest BCUT2D eigenvalue weighted by Crippen LogP contribution is -2.05. The van der Waals surface area contributed by atoms with Crippen molar-refractivity contribution >= 4 is 5.82 Å². The van der Waals surface area contributed by atoms with Crippen LogP contribution in [0.5, 0.6) is 0 Å². The minimum absolute atomic E-state index is 0.0755. The molecule has 0 atom stereocenters. The topological polar surface area (TPSA) is 69.6 Å². The zero-order chi connectivity index (χ0) is 22.2. The highest BCUT2D eigenvalue weighted by Gasteiger charge is 2.29. The molecule has 0 radical (unpaired) electrons. The number of nitrogens with two attached hydrogens (primary N) is 1. The molecular weight excluding hydrogens is 417 g/mol. The summed E-state index contributed by atoms with van der Waals surface area (Å²) in [6, 6.07) is 8.11. The van der Waals surface area contributed by atoms with Gasteiger partial charge in [0.15, 0.2) is 11.6 Å². The summed E-state index contributed by atoms with van der Waals surface area (Å²) in [5, 5.41) is 4.21. The molecule has 0 amide bonds. The molecule has 0 saturated heterocycles. The minimum atomic E-state index is -4.40. The lowest BCUT2D eigenvalue weighted by atomic mass is 10.0. The summed E-state index contributed by atoms with van der Waals surface area (Å²) in [5.41, 5.74) is 7.35. The lowest BCUT2D eigenvalue weighted by molar-refractivity contribution is -0.137. The average Bonchev–Trinajstić information content (AvgIpc) is 3.18. The highest BCUT2D eigenvalue weighted by atomic mass is 19.4. The fraction of sp³-hybridized carbons (Fsp3) is 0.0952. The number of nitrogens with zero attached hydrogens (tertiary/aromatic N) is 4. The molecule has 0 spiro atoms. The van der Waals surface area contributed by atoms with E-state index < -0.39 is 23.4 Å². The van der Waals surface area contributed by atoms with E-state index >= 15 is 0 Å². The Kier molecular flexibility index (Phi) is 5.14. The van der Waals surface area contributed by atoms with Crippen molar-refractivity contribution in [3.8, 4) is 22.4 Å². The summed E-state index contributed by atoms with van der Waals surface area (Å²) in [7, 11) is 0. The van der Waals surface area contributed by atoms with Crippen LogP contribution in [-0.2, 0) is 12.7 Å². The van der Waals surface area contributed by atoms with Crippen LogP contribution in [-0.4, -0.2) is 19.7 Å². The van der Waals surface area contributed by atoms with Crippen molar-refractivity contribution in [3.05, 3.63) is 83.9 Å². The normalized spacial score (nSPS) is 11.6. The molecule has 4 aromatic rings. The number of anilines is 1. The van der Waals surface area contributed by atoms with Gasteiger partial charge >= 0.3 is 6.18 Å². The Bertz CT molecular complexity index is 1230. The Labute approximate surface area is 173 Å². The molecule has 5 nitrogen and oxygen atoms in total. The Morgan fingerprint density at radius 3 is 2.32 bits per heavy atom. The van der Waals surface area contributed by atoms with E-state index in [1.54, 1.807) is 6.20 Å². The monoisotopic (exact) mass is 431 g/mol. The van der Waals surface area contributed by atoms with Gasteiger partial charge in [-0.3, -0.25) is 4.68 Å². The standard InChI is InChI=1S/C21H14F5N5/c22-16-6-3-13(7-17(16)23)18-19(28-11-29-20(18)27)14-8-30-31(10-14)9-12-1-4-15(5-2-12)21(24,25)26/h1-8,10-11H,9H2,(H2,27,28,29). The third-order valence-electron chi connectivity index (χ3n) is 4.62. The zero-order valence-electron chi connectivity index (χ0n) is 15.7. The van der Waals surface area contributed by atoms with E-state index in [1.807, 2.05) is 0 Å². The lowest BCUT2D eigenvalue weighted by Gasteiger charge is -2.10. The molecule has 0 bridgehead atoms. The van der Waals surface area contributed by atoms with Gasteiger partial charge < -0.3 is 5.73 Å². The number of halogens is 5. The second kappa shape index (κ2) is 7.78. The molecule has 0 unspecified atom stereocenters. The number of aromatic nitrogens is 4. The average molecular weight is 431 g/mol. The number of rotatable bonds is 4. The van der Waals surface area contributed by atoms with Crippen molar-refractivity contribution in [3.63, 3.8) is 0 Å². The molecule has 0 fully saturated rings. The van der Waals surface area contributed by atoms with Gasteiger partial charge in [-0.2, -0.15) is 18.3 Å². The summed E-state index contributed by atoms with van der Waals surface area (Å²) in [4.78, 5) is 8.14. The molecule has 0 aliphatic rings. The van der Waals surface area contributed by atoms with Crippen LogP contribution in [0.15, 0.2) is 61.2 Å². The van der Waals surface area contributed by atoms with Crippen LogP contribution in [0.1, 0.15) is 11.1 Å². The van der Waals surface area contributed by atoms with Crippen molar-refractivity contribution < 1.29 is 22.0 Å². The smallest absolute Gasteiger partial charge is 0.383 e. The van der Waals surface area contributed by atoms with E-state index in [4.69, 9.17) is 5.73 Å². The van der Waals surface area contributed by atoms with E-state index in [0.717, 1.165) is 24.3 Å². The van der Waals surface area contributed by atoms with Crippen LogP contribution in [0.2, 0.25) is 0 Å². The summed E-state index contributed by atoms with van der Waals surface area (Å²) in [6.45, 7) is 0.221. The number of alkyl halides is 3. The van der Waals surface area contributed by atoms with Crippen molar-refractivity contribution in [1.82, 2.24) is 19.7 Å². The van der Waals surface area contributed by atoms with Crippen LogP contribution < -0.4 is 5.73 Å². The second-order valence-corrected chi connectivity index (χ2v) is 6.73. The third-order valence-corrected chi connectivity index (χ3v) is 4.62. The molecular formula is C21H14F5N5. The molecule has 0 saturated carbocycles. The van der Waals surface area contributed by atoms with Gasteiger partial charge in [0.05, 0.1) is 29.6 Å². The highest BCUT2D eigenvalue weighted by molar-refractivity contribution is 5.86. The van der Waals surface area contributed by atoms with Crippen LogP contribution in [0.25, 0.3) is 22.4 Å². The third kappa shape index (κ3) is 4.23. The maximum absolute atomic E-state index is 13.7. The molecule has 2 heterocycles. The highest BCUT2D eigenvalue weighted by Crippen LogP contribution is 2.34. The number of hydrogen-bond acceptors (Lipinski definition) is 4. The van der Waals surface area contributed by atoms with Crippen molar-refractivity contribution in [1.29, 1.82) is 0 Å². The Morgan fingerprint density at radius 2 is 1.65 bits per heavy atom. The zero-order valence-corrected chi connectivity index (χ0v) is 15.7. The molecule has 2 aromatic carbocycles. The SMILES string of the molecule is Nc1ncnc(-c2cnn(Cc3ccc(C(F)(F)F)cc3)c2)c1-c1ccc(F)c(F)c1. The summed E-state index contributed by atoms with van der Waals surface area (Å²) in [6.07, 6.45) is -0.0418. The fourth-order valence-electron chi connectivity index (χ4n) is 3.11. The van der Waals surface area contributed by atoms with Gasteiger partial charge in [-0.05, 0) is 35.4 Å². The van der Waals surface area contributed by atoms with E-state index in [1.165, 1.54) is 35.4 Å². The van der Waals surface area contributed by atoms with Gasteiger partial charge in [-0.25, -0.2) is 18.7 Å². The molecule has 0 aliphatic heterocycles. The number of nitrogen functional groups attached to an aromatic ring is 1. The Hall–Kier alpha value is -3.82. The second-order valence-electron chi connectivity index (χ2n) is 6.73. The maximum Gasteiger partial charge on any atom is 0.416 e. The van der Waals surface area contributed by atoms with Gasteiger partial charge in [-0.15, -0.1) is 0 Å². The van der Waals surface area contributed by atoms with E-state index in [-0.39, 0.29) is 12.4 Å². The molecule has 4 rings (SSSR count). The quantitative estimate of drug-likeness (QED) is 0.465. The first-order chi connectivity index (χ1) is 14.7. The minimum Gasteiger partial charge on any atom is -0.383 e. The predicted octanol–water partition coefficient (Wildman–Crippen LogP) is 4.93. The Morgan fingerprint density at radius 1 is 0.903 bits per heavy atom. The van der Waals surface area contributed by atoms with E-state index in [2.05, 4.69) is 15.1 Å². The largest absolute Gasteiger partial charge is 0.416 e. The first kappa shape index (κ1) is 20.5. The number of hydrogen-bond donors (Lipinski definition) is 1. The van der Waals surface area contributed by atoms with Crippen LogP contribution in [0, 0.1) is 11.6 Å². The molecule has 10 heteroatoms. The number of benzene rings is 2. The Balaban J connectivity index is 1.65. The fourth-order valence-corrected chi connectivity index (χ4v) is 3.11. The summed E-state index contributed by atoms with van der Waals surface area (Å²) in [5.74, 6) is -1.96. The van der Waals surface area contributed by atoms with Crippen molar-refractivity contribution in [2.75, 3.05) is 5.73 Å². The molecule has 2 N–H and O–H groups in total. The predicted molar refractivity (Wildman–Crippen MR) is 104 cm³/mol. The maximum atomic E-state index is 13.7. The van der Waals surface area contributed by atoms with Crippen LogP contribution >= 0.6 is 0 Å². The van der Waals surface area contributed by atoms with Gasteiger partial charge in [0.25, 0.3) is 0 Å². The van der Waals surface area contributed by atoms with Crippen LogP contribution in [0.4, 0.5) is 27.8 Å². The first-order valence-corrected chi connectivity index (χ1v) is 8.97. The van der Waals surface area contributed by atoms with Gasteiger partial charge in [0, 0.05) is 11.8 Å². The van der Waals surface area contributed by atoms with Gasteiger partial charge in [0.2, 0.25) is 0 Å². The van der Waals surface area contributed by atoms with Crippen molar-refractivity contribution in [2.24, 2.45) is 0 Å². The van der Waals surface area contributed by atoms with Gasteiger partial charge in [-0.1, -0.05) is 18.2 Å². The van der Waals surface area contributed by atoms with Gasteiger partial charge in [0.1, 0.15) is 12.1 Å². The van der Waals surface area contributed by atoms with E-state index in [0.29, 0.717) is 27.9 Å². The summed E-state index contributed by atoms with van der Waals surface area (Å²) >= 11 is 0. The van der Waals surface area contributed by atoms with Crippen molar-refractivity contribution in [2.45, 2.75) is 12.7 Å². The molecule has 158 valence electrons. The van der Waals surface area contributed by atoms with Crippen LogP contribution in [0.3, 0.4) is 0 Å². The molecule has 31 heavy (non-hydrogen) atoms. The molecule has 0 aliphatic carbocycles. The molecule has 2 aromatic heterocycles. The summed E-state index contributed by atoms with van der Waals surface area (Å²) < 4.78 is 66.7.